The highest BCUT2D eigenvalue weighted by molar-refractivity contribution is 7.47. The molecule has 0 aliphatic rings. The Morgan fingerprint density at radius 1 is 0.500 bits per heavy atom. The van der Waals surface area contributed by atoms with Gasteiger partial charge in [-0.3, -0.25) is 13.8 Å². The van der Waals surface area contributed by atoms with Crippen LogP contribution in [0.15, 0.2) is 24.3 Å². The van der Waals surface area contributed by atoms with Gasteiger partial charge in [-0.1, -0.05) is 269 Å². The Hall–Kier alpha value is -1.02. The first-order chi connectivity index (χ1) is 32.0. The van der Waals surface area contributed by atoms with Crippen molar-refractivity contribution in [1.29, 1.82) is 0 Å². The quantitative estimate of drug-likeness (QED) is 0.0243. The van der Waals surface area contributed by atoms with E-state index in [0.717, 1.165) is 38.5 Å². The maximum atomic E-state index is 12.9. The van der Waals surface area contributed by atoms with E-state index in [1.54, 1.807) is 6.08 Å². The van der Waals surface area contributed by atoms with Gasteiger partial charge in [0.2, 0.25) is 5.91 Å². The summed E-state index contributed by atoms with van der Waals surface area (Å²) in [6.07, 6.45) is 61.5. The van der Waals surface area contributed by atoms with Crippen molar-refractivity contribution in [3.63, 3.8) is 0 Å². The lowest BCUT2D eigenvalue weighted by atomic mass is 10.0. The second-order valence-corrected chi connectivity index (χ2v) is 22.5. The van der Waals surface area contributed by atoms with Crippen molar-refractivity contribution >= 4 is 13.7 Å². The number of rotatable bonds is 53. The molecule has 0 fully saturated rings. The second-order valence-electron chi connectivity index (χ2n) is 21.0. The van der Waals surface area contributed by atoms with E-state index in [-0.39, 0.29) is 19.1 Å². The third kappa shape index (κ3) is 50.8. The summed E-state index contributed by atoms with van der Waals surface area (Å²) in [5.41, 5.74) is 0. The fourth-order valence-corrected chi connectivity index (χ4v) is 9.38. The fraction of sp³-hybridized carbons (Fsp3) is 0.912. The number of carbonyl (C=O) groups excluding carboxylic acids is 1. The Bertz CT molecular complexity index is 1130. The summed E-state index contributed by atoms with van der Waals surface area (Å²) in [6, 6.07) is -0.859. The molecule has 66 heavy (non-hydrogen) atoms. The topological polar surface area (TPSA) is 105 Å². The van der Waals surface area contributed by atoms with E-state index in [9.17, 15) is 19.4 Å². The molecule has 392 valence electrons. The van der Waals surface area contributed by atoms with Crippen molar-refractivity contribution < 1.29 is 32.9 Å². The number of carbonyl (C=O) groups is 1. The molecule has 0 aliphatic heterocycles. The Balaban J connectivity index is 4.14. The Morgan fingerprint density at radius 2 is 0.833 bits per heavy atom. The maximum absolute atomic E-state index is 12.9. The van der Waals surface area contributed by atoms with Crippen molar-refractivity contribution in [2.24, 2.45) is 0 Å². The number of allylic oxidation sites excluding steroid dienone is 3. The van der Waals surface area contributed by atoms with Crippen LogP contribution in [0.4, 0.5) is 0 Å². The summed E-state index contributed by atoms with van der Waals surface area (Å²) in [7, 11) is 1.57. The van der Waals surface area contributed by atoms with Gasteiger partial charge in [-0.2, -0.15) is 0 Å². The number of phosphoric ester groups is 1. The van der Waals surface area contributed by atoms with Gasteiger partial charge in [-0.15, -0.1) is 0 Å². The van der Waals surface area contributed by atoms with E-state index in [2.05, 4.69) is 31.3 Å². The second kappa shape index (κ2) is 49.0. The van der Waals surface area contributed by atoms with Crippen LogP contribution < -0.4 is 5.32 Å². The monoisotopic (exact) mass is 954 g/mol. The molecule has 0 aromatic rings. The highest BCUT2D eigenvalue weighted by atomic mass is 31.2. The molecule has 0 heterocycles. The van der Waals surface area contributed by atoms with Gasteiger partial charge in [0.25, 0.3) is 0 Å². The van der Waals surface area contributed by atoms with Crippen molar-refractivity contribution in [2.45, 2.75) is 296 Å². The molecule has 3 atom stereocenters. The lowest BCUT2D eigenvalue weighted by Crippen LogP contribution is -2.45. The first kappa shape index (κ1) is 65.0. The smallest absolute Gasteiger partial charge is 0.387 e. The molecule has 9 heteroatoms. The van der Waals surface area contributed by atoms with Gasteiger partial charge in [-0.05, 0) is 32.1 Å². The average Bonchev–Trinajstić information content (AvgIpc) is 3.28. The zero-order valence-corrected chi connectivity index (χ0v) is 45.6. The van der Waals surface area contributed by atoms with Crippen LogP contribution in [0, 0.1) is 0 Å². The van der Waals surface area contributed by atoms with Crippen LogP contribution in [-0.2, 0) is 18.4 Å². The molecule has 0 bridgehead atoms. The summed E-state index contributed by atoms with van der Waals surface area (Å²) >= 11 is 0. The van der Waals surface area contributed by atoms with Crippen LogP contribution in [0.1, 0.15) is 284 Å². The molecule has 0 aliphatic carbocycles. The Kier molecular flexibility index (Phi) is 48.2. The van der Waals surface area contributed by atoms with Gasteiger partial charge in [-0.25, -0.2) is 4.57 Å². The van der Waals surface area contributed by atoms with E-state index >= 15 is 0 Å². The minimum Gasteiger partial charge on any atom is -0.387 e. The minimum atomic E-state index is -4.35. The number of hydrogen-bond donors (Lipinski definition) is 3. The van der Waals surface area contributed by atoms with Gasteiger partial charge < -0.3 is 19.8 Å². The van der Waals surface area contributed by atoms with Crippen molar-refractivity contribution in [3.05, 3.63) is 24.3 Å². The molecular weight excluding hydrogens is 840 g/mol. The van der Waals surface area contributed by atoms with Crippen LogP contribution in [0.25, 0.3) is 0 Å². The normalized spacial score (nSPS) is 14.1. The van der Waals surface area contributed by atoms with E-state index in [1.807, 2.05) is 27.2 Å². The molecule has 0 saturated carbocycles. The number of hydrogen-bond acceptors (Lipinski definition) is 5. The number of aliphatic hydroxyl groups is 1. The number of amides is 1. The van der Waals surface area contributed by atoms with Crippen LogP contribution in [0.5, 0.6) is 0 Å². The number of unbranched alkanes of at least 4 members (excludes halogenated alkanes) is 38. The number of aliphatic hydroxyl groups excluding tert-OH is 1. The number of nitrogens with zero attached hydrogens (tertiary/aromatic N) is 1. The van der Waals surface area contributed by atoms with E-state index in [4.69, 9.17) is 9.05 Å². The third-order valence-corrected chi connectivity index (χ3v) is 14.2. The summed E-state index contributed by atoms with van der Waals surface area (Å²) in [4.78, 5) is 23.2. The Labute approximate surface area is 411 Å². The molecule has 3 unspecified atom stereocenters. The zero-order valence-electron chi connectivity index (χ0n) is 44.7. The van der Waals surface area contributed by atoms with Gasteiger partial charge in [0, 0.05) is 6.42 Å². The molecule has 0 aromatic heterocycles. The lowest BCUT2D eigenvalue weighted by Gasteiger charge is -2.25. The molecule has 0 spiro atoms. The largest absolute Gasteiger partial charge is 0.472 e. The number of quaternary nitrogens is 1. The highest BCUT2D eigenvalue weighted by Gasteiger charge is 2.27. The van der Waals surface area contributed by atoms with Crippen LogP contribution >= 0.6 is 7.82 Å². The minimum absolute atomic E-state index is 0.0586. The summed E-state index contributed by atoms with van der Waals surface area (Å²) < 4.78 is 23.7. The first-order valence-electron chi connectivity index (χ1n) is 28.7. The lowest BCUT2D eigenvalue weighted by molar-refractivity contribution is -0.870. The van der Waals surface area contributed by atoms with Gasteiger partial charge in [0.1, 0.15) is 13.2 Å². The molecule has 0 rings (SSSR count). The molecular formula is C57H114N2O6P+. The molecule has 8 nitrogen and oxygen atoms in total. The third-order valence-electron chi connectivity index (χ3n) is 13.2. The van der Waals surface area contributed by atoms with Gasteiger partial charge in [0.15, 0.2) is 0 Å². The number of phosphoric acid groups is 1. The predicted octanol–water partition coefficient (Wildman–Crippen LogP) is 17.2. The summed E-state index contributed by atoms with van der Waals surface area (Å²) in [6.45, 7) is 4.83. The number of likely N-dealkylation sites (N-methyl/N-ethyl adjacent to an activating group) is 1. The molecule has 3 N–H and O–H groups in total. The van der Waals surface area contributed by atoms with Crippen LogP contribution in [0.3, 0.4) is 0 Å². The molecule has 0 saturated heterocycles. The highest BCUT2D eigenvalue weighted by Crippen LogP contribution is 2.43. The zero-order chi connectivity index (χ0) is 48.5. The Morgan fingerprint density at radius 3 is 1.21 bits per heavy atom. The average molecular weight is 955 g/mol. The van der Waals surface area contributed by atoms with Gasteiger partial charge in [0.05, 0.1) is 39.9 Å². The fourth-order valence-electron chi connectivity index (χ4n) is 8.65. The standard InChI is InChI=1S/C57H113N2O6P/c1-6-8-10-12-14-16-18-20-22-23-24-25-26-27-28-29-30-31-32-33-34-35-36-37-38-40-42-44-46-48-50-56(60)55(54-65-66(62,63)64-53-52-59(3,4)5)58-57(61)51-49-47-45-43-41-39-21-19-17-15-13-11-9-7-2/h40,42,48,50,55-56,60H,6-39,41,43-47,49,51-54H2,1-5H3,(H-,58,61,62,63)/p+1/b42-40+,50-48+. The number of nitrogens with one attached hydrogen (secondary N) is 1. The molecule has 0 aromatic carbocycles. The van der Waals surface area contributed by atoms with E-state index in [1.165, 1.54) is 225 Å². The van der Waals surface area contributed by atoms with Crippen LogP contribution in [0.2, 0.25) is 0 Å². The molecule has 1 amide bonds. The van der Waals surface area contributed by atoms with Gasteiger partial charge >= 0.3 is 7.82 Å². The van der Waals surface area contributed by atoms with Crippen LogP contribution in [-0.4, -0.2) is 73.4 Å². The first-order valence-corrected chi connectivity index (χ1v) is 30.2. The predicted molar refractivity (Wildman–Crippen MR) is 286 cm³/mol. The summed E-state index contributed by atoms with van der Waals surface area (Å²) in [5, 5.41) is 13.9. The van der Waals surface area contributed by atoms with E-state index < -0.39 is 20.0 Å². The maximum Gasteiger partial charge on any atom is 0.472 e. The molecule has 0 radical (unpaired) electrons. The SMILES string of the molecule is CCCCCCCCCCCCCCCCCCCCCCCCCC/C=C/CC/C=C/C(O)C(COP(=O)(O)OCC[N+](C)(C)C)NC(=O)CCCCCCCCCCCCCCCC. The van der Waals surface area contributed by atoms with Crippen molar-refractivity contribution in [3.8, 4) is 0 Å². The summed E-state index contributed by atoms with van der Waals surface area (Å²) in [5.74, 6) is -0.183. The van der Waals surface area contributed by atoms with Crippen molar-refractivity contribution in [2.75, 3.05) is 40.9 Å². The van der Waals surface area contributed by atoms with Crippen molar-refractivity contribution in [1.82, 2.24) is 5.32 Å². The van der Waals surface area contributed by atoms with E-state index in [0.29, 0.717) is 17.4 Å².